The summed E-state index contributed by atoms with van der Waals surface area (Å²) in [6, 6.07) is 0.402. The Balaban J connectivity index is 2.23. The molecule has 1 aromatic heterocycles. The zero-order valence-electron chi connectivity index (χ0n) is 7.82. The number of nitrogens with one attached hydrogen (secondary N) is 1. The van der Waals surface area contributed by atoms with E-state index in [1.807, 2.05) is 18.6 Å². The molecule has 0 aromatic carbocycles. The first kappa shape index (κ1) is 11.0. The number of thioether (sulfide) groups is 1. The minimum Gasteiger partial charge on any atom is -0.383 e. The summed E-state index contributed by atoms with van der Waals surface area (Å²) in [6.45, 7) is 0.745. The van der Waals surface area contributed by atoms with E-state index in [1.54, 1.807) is 30.2 Å². The molecule has 0 saturated heterocycles. The molecule has 0 spiro atoms. The highest BCUT2D eigenvalue weighted by Gasteiger charge is 2.06. The second-order valence-electron chi connectivity index (χ2n) is 2.55. The van der Waals surface area contributed by atoms with Crippen molar-refractivity contribution >= 4 is 23.1 Å². The lowest BCUT2D eigenvalue weighted by atomic mass is 10.4. The van der Waals surface area contributed by atoms with Gasteiger partial charge in [0.25, 0.3) is 0 Å². The SMILES string of the molecule is CNC(COC)CSc1nccs1. The fourth-order valence-electron chi connectivity index (χ4n) is 0.869. The van der Waals surface area contributed by atoms with Gasteiger partial charge in [0.2, 0.25) is 0 Å². The number of hydrogen-bond acceptors (Lipinski definition) is 5. The number of likely N-dealkylation sites (N-methyl/N-ethyl adjacent to an activating group) is 1. The smallest absolute Gasteiger partial charge is 0.149 e. The van der Waals surface area contributed by atoms with Crippen LogP contribution < -0.4 is 5.32 Å². The Morgan fingerprint density at radius 1 is 1.77 bits per heavy atom. The van der Waals surface area contributed by atoms with Gasteiger partial charge in [0.15, 0.2) is 0 Å². The molecule has 1 unspecified atom stereocenters. The van der Waals surface area contributed by atoms with E-state index in [0.29, 0.717) is 6.04 Å². The molecule has 0 aliphatic heterocycles. The third kappa shape index (κ3) is 4.08. The van der Waals surface area contributed by atoms with Gasteiger partial charge in [-0.3, -0.25) is 0 Å². The van der Waals surface area contributed by atoms with Gasteiger partial charge in [0, 0.05) is 30.5 Å². The molecule has 1 rings (SSSR count). The minimum atomic E-state index is 0.402. The molecule has 1 N–H and O–H groups in total. The highest BCUT2D eigenvalue weighted by atomic mass is 32.2. The van der Waals surface area contributed by atoms with Gasteiger partial charge in [0.05, 0.1) is 6.61 Å². The van der Waals surface area contributed by atoms with Crippen LogP contribution in [0.4, 0.5) is 0 Å². The summed E-state index contributed by atoms with van der Waals surface area (Å²) in [4.78, 5) is 4.20. The predicted octanol–water partition coefficient (Wildman–Crippen LogP) is 1.47. The third-order valence-electron chi connectivity index (χ3n) is 1.59. The van der Waals surface area contributed by atoms with Crippen molar-refractivity contribution < 1.29 is 4.74 Å². The summed E-state index contributed by atoms with van der Waals surface area (Å²) >= 11 is 3.44. The Kier molecular flexibility index (Phi) is 5.38. The van der Waals surface area contributed by atoms with Gasteiger partial charge >= 0.3 is 0 Å². The number of hydrogen-bond donors (Lipinski definition) is 1. The average molecular weight is 218 g/mol. The molecule has 0 saturated carbocycles. The molecular formula is C8H14N2OS2. The Hall–Kier alpha value is -0.100. The number of aromatic nitrogens is 1. The van der Waals surface area contributed by atoms with E-state index in [2.05, 4.69) is 10.3 Å². The van der Waals surface area contributed by atoms with Gasteiger partial charge in [-0.2, -0.15) is 0 Å². The second-order valence-corrected chi connectivity index (χ2v) is 4.71. The van der Waals surface area contributed by atoms with Crippen LogP contribution in [0.3, 0.4) is 0 Å². The molecule has 0 radical (unpaired) electrons. The Labute approximate surface area is 86.9 Å². The van der Waals surface area contributed by atoms with Gasteiger partial charge in [0.1, 0.15) is 4.34 Å². The van der Waals surface area contributed by atoms with E-state index in [1.165, 1.54) is 0 Å². The number of rotatable bonds is 6. The lowest BCUT2D eigenvalue weighted by molar-refractivity contribution is 0.177. The lowest BCUT2D eigenvalue weighted by Crippen LogP contribution is -2.32. The van der Waals surface area contributed by atoms with Crippen LogP contribution in [0.15, 0.2) is 15.9 Å². The highest BCUT2D eigenvalue weighted by molar-refractivity contribution is 8.01. The van der Waals surface area contributed by atoms with Crippen LogP contribution in [0.2, 0.25) is 0 Å². The summed E-state index contributed by atoms with van der Waals surface area (Å²) in [6.07, 6.45) is 1.83. The summed E-state index contributed by atoms with van der Waals surface area (Å²) in [5, 5.41) is 5.19. The first-order chi connectivity index (χ1) is 6.36. The molecule has 0 aliphatic rings. The number of ether oxygens (including phenoxy) is 1. The van der Waals surface area contributed by atoms with E-state index >= 15 is 0 Å². The van der Waals surface area contributed by atoms with Crippen molar-refractivity contribution in [1.82, 2.24) is 10.3 Å². The Bertz CT molecular complexity index is 216. The fourth-order valence-corrected chi connectivity index (χ4v) is 2.61. The van der Waals surface area contributed by atoms with E-state index < -0.39 is 0 Å². The molecule has 1 atom stereocenters. The molecule has 5 heteroatoms. The van der Waals surface area contributed by atoms with Crippen molar-refractivity contribution in [2.75, 3.05) is 26.5 Å². The van der Waals surface area contributed by atoms with E-state index in [0.717, 1.165) is 16.7 Å². The van der Waals surface area contributed by atoms with Gasteiger partial charge in [-0.1, -0.05) is 11.8 Å². The zero-order chi connectivity index (χ0) is 9.52. The van der Waals surface area contributed by atoms with Gasteiger partial charge in [-0.15, -0.1) is 11.3 Å². The number of methoxy groups -OCH3 is 1. The van der Waals surface area contributed by atoms with Crippen molar-refractivity contribution in [2.45, 2.75) is 10.4 Å². The van der Waals surface area contributed by atoms with Gasteiger partial charge < -0.3 is 10.1 Å². The van der Waals surface area contributed by atoms with Crippen molar-refractivity contribution in [1.29, 1.82) is 0 Å². The minimum absolute atomic E-state index is 0.402. The molecule has 0 fully saturated rings. The van der Waals surface area contributed by atoms with Crippen molar-refractivity contribution in [3.8, 4) is 0 Å². The van der Waals surface area contributed by atoms with Crippen molar-refractivity contribution in [3.05, 3.63) is 11.6 Å². The second kappa shape index (κ2) is 6.37. The molecule has 74 valence electrons. The molecule has 0 bridgehead atoms. The average Bonchev–Trinajstić information content (AvgIpc) is 2.64. The third-order valence-corrected chi connectivity index (χ3v) is 3.72. The molecule has 13 heavy (non-hydrogen) atoms. The summed E-state index contributed by atoms with van der Waals surface area (Å²) in [7, 11) is 3.67. The van der Waals surface area contributed by atoms with Gasteiger partial charge in [-0.25, -0.2) is 4.98 Å². The van der Waals surface area contributed by atoms with Crippen LogP contribution in [-0.4, -0.2) is 37.5 Å². The van der Waals surface area contributed by atoms with Crippen molar-refractivity contribution in [3.63, 3.8) is 0 Å². The maximum absolute atomic E-state index is 5.07. The highest BCUT2D eigenvalue weighted by Crippen LogP contribution is 2.20. The van der Waals surface area contributed by atoms with Crippen LogP contribution in [0.1, 0.15) is 0 Å². The van der Waals surface area contributed by atoms with Crippen molar-refractivity contribution in [2.24, 2.45) is 0 Å². The zero-order valence-corrected chi connectivity index (χ0v) is 9.45. The molecule has 1 aromatic rings. The normalized spacial score (nSPS) is 13.1. The maximum Gasteiger partial charge on any atom is 0.149 e. The van der Waals surface area contributed by atoms with Crippen LogP contribution in [-0.2, 0) is 4.74 Å². The fraction of sp³-hybridized carbons (Fsp3) is 0.625. The quantitative estimate of drug-likeness (QED) is 0.733. The van der Waals surface area contributed by atoms with Crippen LogP contribution in [0.25, 0.3) is 0 Å². The molecular weight excluding hydrogens is 204 g/mol. The Morgan fingerprint density at radius 3 is 3.15 bits per heavy atom. The number of thiazole rings is 1. The summed E-state index contributed by atoms with van der Waals surface area (Å²) in [5.41, 5.74) is 0. The largest absolute Gasteiger partial charge is 0.383 e. The van der Waals surface area contributed by atoms with Crippen LogP contribution in [0.5, 0.6) is 0 Å². The molecule has 3 nitrogen and oxygen atoms in total. The first-order valence-electron chi connectivity index (χ1n) is 4.05. The van der Waals surface area contributed by atoms with E-state index in [-0.39, 0.29) is 0 Å². The lowest BCUT2D eigenvalue weighted by Gasteiger charge is -2.13. The van der Waals surface area contributed by atoms with Crippen LogP contribution in [0, 0.1) is 0 Å². The molecule has 1 heterocycles. The van der Waals surface area contributed by atoms with Gasteiger partial charge in [-0.05, 0) is 7.05 Å². The summed E-state index contributed by atoms with van der Waals surface area (Å²) in [5.74, 6) is 0.998. The standard InChI is InChI=1S/C8H14N2OS2/c1-9-7(5-11-2)6-13-8-10-3-4-12-8/h3-4,7,9H,5-6H2,1-2H3. The monoisotopic (exact) mass is 218 g/mol. The predicted molar refractivity (Wildman–Crippen MR) is 57.6 cm³/mol. The molecule has 0 aliphatic carbocycles. The van der Waals surface area contributed by atoms with E-state index in [4.69, 9.17) is 4.74 Å². The van der Waals surface area contributed by atoms with E-state index in [9.17, 15) is 0 Å². The molecule has 0 amide bonds. The summed E-state index contributed by atoms with van der Waals surface area (Å²) < 4.78 is 6.19. The Morgan fingerprint density at radius 2 is 2.62 bits per heavy atom. The topological polar surface area (TPSA) is 34.1 Å². The first-order valence-corrected chi connectivity index (χ1v) is 5.92. The number of nitrogens with zero attached hydrogens (tertiary/aromatic N) is 1. The maximum atomic E-state index is 5.07. The van der Waals surface area contributed by atoms with Crippen LogP contribution >= 0.6 is 23.1 Å².